The Kier molecular flexibility index (Phi) is 1.81. The minimum Gasteiger partial charge on any atom is -0.277 e. The van der Waals surface area contributed by atoms with E-state index in [-0.39, 0.29) is 4.48 Å². The van der Waals surface area contributed by atoms with Crippen molar-refractivity contribution >= 4 is 33.8 Å². The monoisotopic (exact) mass is 309 g/mol. The Hall–Kier alpha value is -1.17. The van der Waals surface area contributed by atoms with E-state index in [9.17, 15) is 14.4 Å². The van der Waals surface area contributed by atoms with Crippen molar-refractivity contribution in [2.45, 2.75) is 20.1 Å². The molecule has 1 aliphatic rings. The number of nitrogens with one attached hydrogen (secondary N) is 1. The summed E-state index contributed by atoms with van der Waals surface area (Å²) in [5, 5.41) is 1.75. The number of carbonyl (C=O) groups is 3. The molecule has 0 radical (unpaired) electrons. The summed E-state index contributed by atoms with van der Waals surface area (Å²) in [4.78, 5) is 37.2. The summed E-state index contributed by atoms with van der Waals surface area (Å²) in [7, 11) is 0.954. The number of hydrogen-bond acceptors (Lipinski definition) is 3. The molecular formula is C11H15BrN2O3. The lowest BCUT2D eigenvalue weighted by Crippen LogP contribution is -2.64. The van der Waals surface area contributed by atoms with Crippen LogP contribution >= 0.6 is 15.9 Å². The molecular weight excluding hydrogens is 288 g/mol. The number of carbonyl (C=O) groups excluding carboxylic acids is 3. The first-order chi connectivity index (χ1) is 10.5. The van der Waals surface area contributed by atoms with Crippen LogP contribution in [0, 0.1) is 11.3 Å². The Bertz CT molecular complexity index is 602. The summed E-state index contributed by atoms with van der Waals surface area (Å²) in [6.07, 6.45) is -0.782. The van der Waals surface area contributed by atoms with Crippen LogP contribution < -0.4 is 5.32 Å². The van der Waals surface area contributed by atoms with Gasteiger partial charge in [0, 0.05) is 23.1 Å². The standard InChI is InChI=1S/C11H15BrN2O3/c1-6(2)11(5-7(3)12)8(15)13-10(17)14(4)9(11)16/h6H,3,5H2,1-2,4H3,(H,13,15,17)/i1D3,2D3,6D. The molecule has 17 heavy (non-hydrogen) atoms. The van der Waals surface area contributed by atoms with E-state index in [4.69, 9.17) is 9.60 Å². The van der Waals surface area contributed by atoms with Gasteiger partial charge in [0.05, 0.1) is 0 Å². The summed E-state index contributed by atoms with van der Waals surface area (Å²) < 4.78 is 53.5. The SMILES string of the molecule is [2H]C([2H])([2H])C([2H])(C([2H])([2H])[2H])C1(CC(=C)Br)C(=O)NC(=O)N(C)C1=O. The Balaban J connectivity index is 3.90. The molecule has 1 atom stereocenters. The number of allylic oxidation sites excluding steroid dienone is 1. The smallest absolute Gasteiger partial charge is 0.277 e. The fraction of sp³-hybridized carbons (Fsp3) is 0.545. The van der Waals surface area contributed by atoms with Crippen molar-refractivity contribution in [3.63, 3.8) is 0 Å². The van der Waals surface area contributed by atoms with E-state index < -0.39 is 49.3 Å². The molecule has 1 fully saturated rings. The molecule has 0 aliphatic carbocycles. The molecule has 0 aromatic rings. The molecule has 1 N–H and O–H groups in total. The molecule has 0 aromatic carbocycles. The number of amides is 4. The van der Waals surface area contributed by atoms with Crippen LogP contribution in [-0.4, -0.2) is 29.8 Å². The van der Waals surface area contributed by atoms with Crippen molar-refractivity contribution in [2.24, 2.45) is 11.3 Å². The average Bonchev–Trinajstić information content (AvgIpc) is 2.37. The van der Waals surface area contributed by atoms with Crippen molar-refractivity contribution in [2.75, 3.05) is 7.05 Å². The third-order valence-corrected chi connectivity index (χ3v) is 2.75. The first-order valence-electron chi connectivity index (χ1n) is 8.01. The number of imide groups is 2. The summed E-state index contributed by atoms with van der Waals surface area (Å²) in [6, 6.07) is -1.14. The van der Waals surface area contributed by atoms with Crippen LogP contribution in [0.15, 0.2) is 11.1 Å². The maximum Gasteiger partial charge on any atom is 0.330 e. The van der Waals surface area contributed by atoms with Gasteiger partial charge in [-0.1, -0.05) is 36.2 Å². The molecule has 5 nitrogen and oxygen atoms in total. The van der Waals surface area contributed by atoms with Crippen LogP contribution in [0.25, 0.3) is 0 Å². The molecule has 1 unspecified atom stereocenters. The highest BCUT2D eigenvalue weighted by Gasteiger charge is 2.54. The normalized spacial score (nSPS) is 33.4. The van der Waals surface area contributed by atoms with Gasteiger partial charge in [-0.3, -0.25) is 19.8 Å². The molecule has 0 bridgehead atoms. The first-order valence-corrected chi connectivity index (χ1v) is 5.30. The maximum atomic E-state index is 12.7. The number of nitrogens with zero attached hydrogens (tertiary/aromatic N) is 1. The van der Waals surface area contributed by atoms with E-state index in [0.717, 1.165) is 7.05 Å². The van der Waals surface area contributed by atoms with Crippen molar-refractivity contribution < 1.29 is 24.0 Å². The number of rotatable bonds is 3. The lowest BCUT2D eigenvalue weighted by Gasteiger charge is -2.40. The average molecular weight is 310 g/mol. The minimum atomic E-state index is -3.55. The van der Waals surface area contributed by atoms with Gasteiger partial charge in [0.25, 0.3) is 0 Å². The zero-order valence-electron chi connectivity index (χ0n) is 16.0. The van der Waals surface area contributed by atoms with Crippen LogP contribution in [-0.2, 0) is 9.59 Å². The molecule has 0 aromatic heterocycles. The van der Waals surface area contributed by atoms with Crippen LogP contribution in [0.5, 0.6) is 0 Å². The van der Waals surface area contributed by atoms with Crippen LogP contribution in [0.4, 0.5) is 4.79 Å². The molecule has 6 heteroatoms. The number of halogens is 1. The summed E-state index contributed by atoms with van der Waals surface area (Å²) >= 11 is 2.88. The Morgan fingerprint density at radius 3 is 2.71 bits per heavy atom. The topological polar surface area (TPSA) is 66.5 Å². The second-order valence-corrected chi connectivity index (χ2v) is 4.72. The summed E-state index contributed by atoms with van der Waals surface area (Å²) in [6.45, 7) is -3.68. The van der Waals surface area contributed by atoms with E-state index in [0.29, 0.717) is 4.90 Å². The molecule has 4 amide bonds. The van der Waals surface area contributed by atoms with E-state index in [1.165, 1.54) is 0 Å². The van der Waals surface area contributed by atoms with Gasteiger partial charge in [0.1, 0.15) is 5.41 Å². The van der Waals surface area contributed by atoms with Gasteiger partial charge in [-0.05, 0) is 10.4 Å². The lowest BCUT2D eigenvalue weighted by molar-refractivity contribution is -0.153. The highest BCUT2D eigenvalue weighted by Crippen LogP contribution is 2.39. The van der Waals surface area contributed by atoms with Crippen LogP contribution in [0.2, 0.25) is 0 Å². The first kappa shape index (κ1) is 6.68. The Labute approximate surface area is 118 Å². The second-order valence-electron chi connectivity index (χ2n) is 3.60. The van der Waals surface area contributed by atoms with Gasteiger partial charge in [0.15, 0.2) is 0 Å². The Morgan fingerprint density at radius 1 is 1.65 bits per heavy atom. The number of barbiturate groups is 1. The van der Waals surface area contributed by atoms with Crippen molar-refractivity contribution in [1.29, 1.82) is 0 Å². The predicted molar refractivity (Wildman–Crippen MR) is 66.3 cm³/mol. The lowest BCUT2D eigenvalue weighted by atomic mass is 9.71. The van der Waals surface area contributed by atoms with Crippen LogP contribution in [0.1, 0.15) is 29.7 Å². The molecule has 1 heterocycles. The maximum absolute atomic E-state index is 12.7. The number of urea groups is 1. The van der Waals surface area contributed by atoms with Crippen molar-refractivity contribution in [1.82, 2.24) is 10.2 Å². The number of hydrogen-bond donors (Lipinski definition) is 1. The van der Waals surface area contributed by atoms with Gasteiger partial charge in [-0.2, -0.15) is 0 Å². The highest BCUT2D eigenvalue weighted by molar-refractivity contribution is 9.11. The molecule has 1 rings (SSSR count). The largest absolute Gasteiger partial charge is 0.330 e. The zero-order chi connectivity index (χ0) is 19.3. The van der Waals surface area contributed by atoms with Gasteiger partial charge in [0.2, 0.25) is 11.8 Å². The van der Waals surface area contributed by atoms with E-state index in [2.05, 4.69) is 22.5 Å². The molecule has 0 saturated carbocycles. The predicted octanol–water partition coefficient (Wildman–Crippen LogP) is 1.64. The molecule has 94 valence electrons. The van der Waals surface area contributed by atoms with Crippen LogP contribution in [0.3, 0.4) is 0 Å². The fourth-order valence-corrected chi connectivity index (χ4v) is 1.94. The second kappa shape index (κ2) is 4.60. The zero-order valence-corrected chi connectivity index (χ0v) is 10.6. The van der Waals surface area contributed by atoms with E-state index in [1.54, 1.807) is 5.32 Å². The van der Waals surface area contributed by atoms with Gasteiger partial charge >= 0.3 is 6.03 Å². The Morgan fingerprint density at radius 2 is 2.24 bits per heavy atom. The van der Waals surface area contributed by atoms with Gasteiger partial charge < -0.3 is 0 Å². The van der Waals surface area contributed by atoms with Gasteiger partial charge in [-0.25, -0.2) is 4.79 Å². The summed E-state index contributed by atoms with van der Waals surface area (Å²) in [5.41, 5.74) is -2.90. The fourth-order valence-electron chi connectivity index (χ4n) is 1.52. The molecule has 1 saturated heterocycles. The highest BCUT2D eigenvalue weighted by atomic mass is 79.9. The van der Waals surface area contributed by atoms with Gasteiger partial charge in [-0.15, -0.1) is 0 Å². The minimum absolute atomic E-state index is 0.0705. The van der Waals surface area contributed by atoms with E-state index >= 15 is 0 Å². The molecule has 0 spiro atoms. The van der Waals surface area contributed by atoms with E-state index in [1.807, 2.05) is 0 Å². The van der Waals surface area contributed by atoms with Crippen molar-refractivity contribution in [3.8, 4) is 0 Å². The summed E-state index contributed by atoms with van der Waals surface area (Å²) in [5.74, 6) is -6.36. The molecule has 1 aliphatic heterocycles. The third kappa shape index (κ3) is 2.13. The quantitative estimate of drug-likeness (QED) is 0.806. The van der Waals surface area contributed by atoms with Crippen molar-refractivity contribution in [3.05, 3.63) is 11.1 Å². The third-order valence-electron chi connectivity index (χ3n) is 2.47.